The van der Waals surface area contributed by atoms with Crippen molar-refractivity contribution in [2.24, 2.45) is 0 Å². The van der Waals surface area contributed by atoms with Crippen molar-refractivity contribution in [1.82, 2.24) is 19.5 Å². The predicted octanol–water partition coefficient (Wildman–Crippen LogP) is 1.78. The normalized spacial score (nSPS) is 14.9. The molecular weight excluding hydrogens is 354 g/mol. The van der Waals surface area contributed by atoms with Crippen LogP contribution in [0.3, 0.4) is 0 Å². The van der Waals surface area contributed by atoms with Crippen LogP contribution in [0.4, 0.5) is 20.4 Å². The Balaban J connectivity index is 1.58. The zero-order chi connectivity index (χ0) is 18.8. The molecule has 4 heterocycles. The van der Waals surface area contributed by atoms with Crippen LogP contribution in [-0.2, 0) is 6.54 Å². The van der Waals surface area contributed by atoms with Crippen LogP contribution in [0.25, 0.3) is 11.0 Å². The fourth-order valence-corrected chi connectivity index (χ4v) is 3.23. The van der Waals surface area contributed by atoms with Crippen molar-refractivity contribution in [3.63, 3.8) is 0 Å². The van der Waals surface area contributed by atoms with Crippen molar-refractivity contribution >= 4 is 22.7 Å². The second-order valence-corrected chi connectivity index (χ2v) is 6.30. The van der Waals surface area contributed by atoms with Gasteiger partial charge in [0.2, 0.25) is 0 Å². The van der Waals surface area contributed by atoms with Crippen LogP contribution in [0.2, 0.25) is 0 Å². The van der Waals surface area contributed by atoms with Crippen LogP contribution in [0, 0.1) is 0 Å². The van der Waals surface area contributed by atoms with E-state index in [0.29, 0.717) is 5.82 Å². The highest BCUT2D eigenvalue weighted by molar-refractivity contribution is 5.76. The molecule has 7 nitrogen and oxygen atoms in total. The lowest BCUT2D eigenvalue weighted by molar-refractivity contribution is 0.127. The van der Waals surface area contributed by atoms with Gasteiger partial charge in [0.05, 0.1) is 11.9 Å². The van der Waals surface area contributed by atoms with E-state index in [-0.39, 0.29) is 11.0 Å². The van der Waals surface area contributed by atoms with Crippen LogP contribution in [0.15, 0.2) is 47.7 Å². The molecular formula is C18H18F2N6O. The highest BCUT2D eigenvalue weighted by Crippen LogP contribution is 2.20. The zero-order valence-electron chi connectivity index (χ0n) is 14.5. The summed E-state index contributed by atoms with van der Waals surface area (Å²) < 4.78 is 26.9. The molecule has 0 amide bonds. The van der Waals surface area contributed by atoms with Gasteiger partial charge in [-0.25, -0.2) is 18.7 Å². The second-order valence-electron chi connectivity index (χ2n) is 6.30. The Morgan fingerprint density at radius 2 is 1.70 bits per heavy atom. The van der Waals surface area contributed by atoms with Crippen LogP contribution in [-0.4, -0.2) is 52.1 Å². The molecule has 9 heteroatoms. The summed E-state index contributed by atoms with van der Waals surface area (Å²) in [5.41, 5.74) is -0.227. The number of pyridine rings is 2. The number of nitrogens with zero attached hydrogens (tertiary/aromatic N) is 6. The molecule has 4 rings (SSSR count). The first-order valence-corrected chi connectivity index (χ1v) is 8.67. The van der Waals surface area contributed by atoms with E-state index in [1.165, 1.54) is 4.57 Å². The molecule has 1 aliphatic rings. The van der Waals surface area contributed by atoms with E-state index in [0.717, 1.165) is 38.3 Å². The maximum absolute atomic E-state index is 12.8. The number of alkyl halides is 2. The van der Waals surface area contributed by atoms with Gasteiger partial charge in [-0.1, -0.05) is 6.07 Å². The number of fused-ring (bicyclic) bond motifs is 1. The summed E-state index contributed by atoms with van der Waals surface area (Å²) in [7, 11) is 0. The maximum atomic E-state index is 12.8. The Morgan fingerprint density at radius 3 is 2.37 bits per heavy atom. The fourth-order valence-electron chi connectivity index (χ4n) is 3.23. The lowest BCUT2D eigenvalue weighted by atomic mass is 10.2. The van der Waals surface area contributed by atoms with Gasteiger partial charge >= 0.3 is 0 Å². The number of anilines is 2. The number of hydrogen-bond acceptors (Lipinski definition) is 6. The molecule has 1 aliphatic heterocycles. The van der Waals surface area contributed by atoms with Gasteiger partial charge in [-0.2, -0.15) is 4.98 Å². The molecule has 3 aromatic rings. The van der Waals surface area contributed by atoms with E-state index in [1.54, 1.807) is 18.3 Å². The Hall–Kier alpha value is -3.10. The molecule has 1 saturated heterocycles. The van der Waals surface area contributed by atoms with Crippen molar-refractivity contribution in [2.75, 3.05) is 36.0 Å². The van der Waals surface area contributed by atoms with Gasteiger partial charge in [0.15, 0.2) is 0 Å². The predicted molar refractivity (Wildman–Crippen MR) is 98.5 cm³/mol. The van der Waals surface area contributed by atoms with Gasteiger partial charge in [0.25, 0.3) is 12.0 Å². The minimum Gasteiger partial charge on any atom is -0.353 e. The highest BCUT2D eigenvalue weighted by Gasteiger charge is 2.20. The second kappa shape index (κ2) is 7.26. The SMILES string of the molecule is O=c1ncn(CC(F)F)c2nc(N3CCN(c4ccccn4)CC3)ccc12. The van der Waals surface area contributed by atoms with Crippen LogP contribution in [0.5, 0.6) is 0 Å². The molecule has 27 heavy (non-hydrogen) atoms. The molecule has 140 valence electrons. The standard InChI is InChI=1S/C18H18F2N6O/c19-14(20)11-26-12-22-18(27)13-4-5-16(23-17(13)26)25-9-7-24(8-10-25)15-3-1-2-6-21-15/h1-6,12,14H,7-11H2. The summed E-state index contributed by atoms with van der Waals surface area (Å²) in [5, 5.41) is 0.244. The summed E-state index contributed by atoms with van der Waals surface area (Å²) in [6.45, 7) is 2.44. The molecule has 0 unspecified atom stereocenters. The molecule has 0 radical (unpaired) electrons. The van der Waals surface area contributed by atoms with Crippen molar-refractivity contribution < 1.29 is 8.78 Å². The Labute approximate surface area is 153 Å². The molecule has 0 saturated carbocycles. The first-order valence-electron chi connectivity index (χ1n) is 8.67. The van der Waals surface area contributed by atoms with Crippen molar-refractivity contribution in [3.05, 3.63) is 53.2 Å². The minimum atomic E-state index is -2.55. The summed E-state index contributed by atoms with van der Waals surface area (Å²) in [5.74, 6) is 1.59. The monoisotopic (exact) mass is 372 g/mol. The number of piperazine rings is 1. The number of aromatic nitrogens is 4. The molecule has 0 bridgehead atoms. The lowest BCUT2D eigenvalue weighted by Gasteiger charge is -2.36. The smallest absolute Gasteiger partial charge is 0.282 e. The maximum Gasteiger partial charge on any atom is 0.282 e. The van der Waals surface area contributed by atoms with Gasteiger partial charge in [-0.05, 0) is 24.3 Å². The van der Waals surface area contributed by atoms with Gasteiger partial charge in [-0.15, -0.1) is 0 Å². The first kappa shape index (κ1) is 17.3. The van der Waals surface area contributed by atoms with Crippen molar-refractivity contribution in [2.45, 2.75) is 13.0 Å². The third-order valence-corrected chi connectivity index (χ3v) is 4.59. The van der Waals surface area contributed by atoms with Crippen LogP contribution in [0.1, 0.15) is 0 Å². The first-order chi connectivity index (χ1) is 13.1. The third-order valence-electron chi connectivity index (χ3n) is 4.59. The molecule has 0 aliphatic carbocycles. The Morgan fingerprint density at radius 1 is 0.963 bits per heavy atom. The summed E-state index contributed by atoms with van der Waals surface area (Å²) in [6, 6.07) is 9.16. The van der Waals surface area contributed by atoms with Crippen molar-refractivity contribution in [1.29, 1.82) is 0 Å². The summed E-state index contributed by atoms with van der Waals surface area (Å²) in [6.07, 6.45) is 0.347. The average Bonchev–Trinajstić information content (AvgIpc) is 2.70. The van der Waals surface area contributed by atoms with Crippen LogP contribution >= 0.6 is 0 Å². The minimum absolute atomic E-state index is 0.236. The summed E-state index contributed by atoms with van der Waals surface area (Å²) >= 11 is 0. The molecule has 1 fully saturated rings. The zero-order valence-corrected chi connectivity index (χ0v) is 14.5. The van der Waals surface area contributed by atoms with E-state index >= 15 is 0 Å². The van der Waals surface area contributed by atoms with Gasteiger partial charge in [-0.3, -0.25) is 4.79 Å². The fraction of sp³-hybridized carbons (Fsp3) is 0.333. The largest absolute Gasteiger partial charge is 0.353 e. The Kier molecular flexibility index (Phi) is 4.66. The highest BCUT2D eigenvalue weighted by atomic mass is 19.3. The van der Waals surface area contributed by atoms with E-state index in [2.05, 4.69) is 24.8 Å². The van der Waals surface area contributed by atoms with E-state index < -0.39 is 18.5 Å². The average molecular weight is 372 g/mol. The van der Waals surface area contributed by atoms with Gasteiger partial charge < -0.3 is 14.4 Å². The molecule has 0 atom stereocenters. The van der Waals surface area contributed by atoms with E-state index in [9.17, 15) is 13.6 Å². The van der Waals surface area contributed by atoms with E-state index in [1.807, 2.05) is 18.2 Å². The number of rotatable bonds is 4. The topological polar surface area (TPSA) is 67.2 Å². The number of hydrogen-bond donors (Lipinski definition) is 0. The Bertz CT molecular complexity index is 986. The molecule has 3 aromatic heterocycles. The quantitative estimate of drug-likeness (QED) is 0.696. The summed E-state index contributed by atoms with van der Waals surface area (Å²) in [4.78, 5) is 28.7. The van der Waals surface area contributed by atoms with Gasteiger partial charge in [0, 0.05) is 32.4 Å². The molecule has 0 spiro atoms. The molecule has 0 aromatic carbocycles. The van der Waals surface area contributed by atoms with Crippen LogP contribution < -0.4 is 15.4 Å². The molecule has 0 N–H and O–H groups in total. The lowest BCUT2D eigenvalue weighted by Crippen LogP contribution is -2.47. The van der Waals surface area contributed by atoms with Gasteiger partial charge in [0.1, 0.15) is 23.6 Å². The third kappa shape index (κ3) is 3.57. The van der Waals surface area contributed by atoms with Crippen molar-refractivity contribution in [3.8, 4) is 0 Å². The van der Waals surface area contributed by atoms with E-state index in [4.69, 9.17) is 0 Å². The number of halogens is 2.